The summed E-state index contributed by atoms with van der Waals surface area (Å²) in [6, 6.07) is -0.185. The summed E-state index contributed by atoms with van der Waals surface area (Å²) in [5.74, 6) is 0.399. The lowest BCUT2D eigenvalue weighted by Gasteiger charge is -2.23. The third-order valence-electron chi connectivity index (χ3n) is 3.05. The maximum absolute atomic E-state index is 11.9. The third kappa shape index (κ3) is 7.83. The first-order valence-electron chi connectivity index (χ1n) is 7.48. The van der Waals surface area contributed by atoms with Crippen molar-refractivity contribution in [1.82, 2.24) is 5.32 Å². The molecular formula is C16H23ClN2O4. The minimum atomic E-state index is -0.568. The van der Waals surface area contributed by atoms with Crippen LogP contribution in [0.5, 0.6) is 0 Å². The van der Waals surface area contributed by atoms with Gasteiger partial charge in [0.25, 0.3) is 5.70 Å². The summed E-state index contributed by atoms with van der Waals surface area (Å²) in [6.45, 7) is 5.39. The Hall–Kier alpha value is -1.82. The van der Waals surface area contributed by atoms with Gasteiger partial charge in [0.2, 0.25) is 0 Å². The highest BCUT2D eigenvalue weighted by molar-refractivity contribution is 6.17. The predicted octanol–water partition coefficient (Wildman–Crippen LogP) is 3.95. The van der Waals surface area contributed by atoms with Crippen molar-refractivity contribution in [2.75, 3.05) is 5.88 Å². The van der Waals surface area contributed by atoms with E-state index < -0.39 is 16.6 Å². The van der Waals surface area contributed by atoms with Gasteiger partial charge in [0.15, 0.2) is 0 Å². The molecule has 128 valence electrons. The molecule has 1 aliphatic carbocycles. The maximum Gasteiger partial charge on any atom is 0.407 e. The molecule has 1 aliphatic rings. The molecule has 0 aromatic carbocycles. The van der Waals surface area contributed by atoms with Gasteiger partial charge in [-0.15, -0.1) is 11.6 Å². The largest absolute Gasteiger partial charge is 0.444 e. The van der Waals surface area contributed by atoms with Crippen molar-refractivity contribution in [3.63, 3.8) is 0 Å². The zero-order valence-electron chi connectivity index (χ0n) is 13.7. The normalized spacial score (nSPS) is 16.0. The van der Waals surface area contributed by atoms with Crippen LogP contribution in [0.2, 0.25) is 0 Å². The molecule has 0 unspecified atom stereocenters. The van der Waals surface area contributed by atoms with Gasteiger partial charge in [0.1, 0.15) is 5.60 Å². The van der Waals surface area contributed by atoms with Crippen LogP contribution >= 0.6 is 11.6 Å². The summed E-state index contributed by atoms with van der Waals surface area (Å²) >= 11 is 5.80. The molecule has 0 aromatic heterocycles. The van der Waals surface area contributed by atoms with E-state index in [4.69, 9.17) is 16.3 Å². The van der Waals surface area contributed by atoms with Crippen molar-refractivity contribution >= 4 is 17.7 Å². The molecule has 1 rings (SSSR count). The fourth-order valence-electron chi connectivity index (χ4n) is 2.06. The van der Waals surface area contributed by atoms with Crippen LogP contribution in [0.4, 0.5) is 4.79 Å². The highest BCUT2D eigenvalue weighted by atomic mass is 35.5. The lowest BCUT2D eigenvalue weighted by atomic mass is 10.0. The van der Waals surface area contributed by atoms with Gasteiger partial charge in [-0.25, -0.2) is 4.79 Å². The predicted molar refractivity (Wildman–Crippen MR) is 90.0 cm³/mol. The van der Waals surface area contributed by atoms with Gasteiger partial charge < -0.3 is 10.1 Å². The van der Waals surface area contributed by atoms with Crippen LogP contribution in [0.3, 0.4) is 0 Å². The van der Waals surface area contributed by atoms with E-state index in [0.717, 1.165) is 5.57 Å². The highest BCUT2D eigenvalue weighted by Gasteiger charge is 2.20. The topological polar surface area (TPSA) is 81.5 Å². The fourth-order valence-corrected chi connectivity index (χ4v) is 2.33. The molecule has 0 heterocycles. The zero-order valence-corrected chi connectivity index (χ0v) is 14.4. The van der Waals surface area contributed by atoms with Crippen LogP contribution in [0.1, 0.15) is 40.0 Å². The number of nitro groups is 1. The average molecular weight is 343 g/mol. The van der Waals surface area contributed by atoms with E-state index in [1.807, 2.05) is 6.08 Å². The zero-order chi connectivity index (χ0) is 17.5. The van der Waals surface area contributed by atoms with Crippen molar-refractivity contribution in [1.29, 1.82) is 0 Å². The second-order valence-corrected chi connectivity index (χ2v) is 6.64. The number of allylic oxidation sites excluding steroid dienone is 4. The van der Waals surface area contributed by atoms with Gasteiger partial charge >= 0.3 is 6.09 Å². The molecule has 0 fully saturated rings. The van der Waals surface area contributed by atoms with Gasteiger partial charge in [-0.2, -0.15) is 0 Å². The number of amides is 1. The molecule has 0 saturated carbocycles. The standard InChI is InChI=1S/C16H23ClN2O4/c1-16(2,3)23-15(20)18-13(9-10-17)11-12-5-4-6-14(8-7-12)19(21)22/h5-8,13H,4,9-11H2,1-3H3,(H,18,20)/t13-/m1/s1. The molecule has 0 spiro atoms. The van der Waals surface area contributed by atoms with E-state index in [1.165, 1.54) is 6.08 Å². The van der Waals surface area contributed by atoms with Gasteiger partial charge in [-0.3, -0.25) is 10.1 Å². The van der Waals surface area contributed by atoms with Crippen LogP contribution in [-0.2, 0) is 4.74 Å². The number of alkyl halides is 1. The molecule has 0 aliphatic heterocycles. The van der Waals surface area contributed by atoms with E-state index in [0.29, 0.717) is 25.1 Å². The Morgan fingerprint density at radius 1 is 1.43 bits per heavy atom. The second-order valence-electron chi connectivity index (χ2n) is 6.26. The van der Waals surface area contributed by atoms with Gasteiger partial charge in [0, 0.05) is 18.0 Å². The number of rotatable bonds is 6. The molecular weight excluding hydrogens is 320 g/mol. The number of nitrogens with zero attached hydrogens (tertiary/aromatic N) is 1. The Balaban J connectivity index is 2.66. The number of carbonyl (C=O) groups is 1. The Morgan fingerprint density at radius 3 is 2.70 bits per heavy atom. The summed E-state index contributed by atoms with van der Waals surface area (Å²) in [5, 5.41) is 13.6. The Morgan fingerprint density at radius 2 is 2.13 bits per heavy atom. The molecule has 0 radical (unpaired) electrons. The molecule has 7 heteroatoms. The minimum absolute atomic E-state index is 0.0743. The van der Waals surface area contributed by atoms with Crippen molar-refractivity contribution in [2.45, 2.75) is 51.7 Å². The summed E-state index contributed by atoms with van der Waals surface area (Å²) in [6.07, 6.45) is 7.77. The van der Waals surface area contributed by atoms with Gasteiger partial charge in [0.05, 0.1) is 4.92 Å². The molecule has 6 nitrogen and oxygen atoms in total. The van der Waals surface area contributed by atoms with E-state index >= 15 is 0 Å². The molecule has 1 atom stereocenters. The van der Waals surface area contributed by atoms with Crippen LogP contribution in [0, 0.1) is 10.1 Å². The van der Waals surface area contributed by atoms with E-state index in [1.54, 1.807) is 32.9 Å². The summed E-state index contributed by atoms with van der Waals surface area (Å²) in [5.41, 5.74) is 0.427. The Bertz CT molecular complexity index is 533. The first kappa shape index (κ1) is 19.2. The van der Waals surface area contributed by atoms with E-state index in [2.05, 4.69) is 5.32 Å². The maximum atomic E-state index is 11.9. The lowest BCUT2D eigenvalue weighted by Crippen LogP contribution is -2.39. The van der Waals surface area contributed by atoms with E-state index in [-0.39, 0.29) is 11.7 Å². The molecule has 0 saturated heterocycles. The first-order valence-corrected chi connectivity index (χ1v) is 8.02. The molecule has 23 heavy (non-hydrogen) atoms. The Kier molecular flexibility index (Phi) is 7.29. The first-order chi connectivity index (χ1) is 10.7. The summed E-state index contributed by atoms with van der Waals surface area (Å²) in [7, 11) is 0. The smallest absolute Gasteiger partial charge is 0.407 e. The quantitative estimate of drug-likeness (QED) is 0.450. The molecule has 1 N–H and O–H groups in total. The second kappa shape index (κ2) is 8.72. The van der Waals surface area contributed by atoms with Gasteiger partial charge in [-0.05, 0) is 51.7 Å². The lowest BCUT2D eigenvalue weighted by molar-refractivity contribution is -0.419. The fraction of sp³-hybridized carbons (Fsp3) is 0.562. The van der Waals surface area contributed by atoms with Crippen molar-refractivity contribution in [3.05, 3.63) is 45.7 Å². The van der Waals surface area contributed by atoms with E-state index in [9.17, 15) is 14.9 Å². The minimum Gasteiger partial charge on any atom is -0.444 e. The number of hydrogen-bond acceptors (Lipinski definition) is 4. The third-order valence-corrected chi connectivity index (χ3v) is 3.26. The number of carbonyl (C=O) groups excluding carboxylic acids is 1. The highest BCUT2D eigenvalue weighted by Crippen LogP contribution is 2.17. The Labute approximate surface area is 141 Å². The van der Waals surface area contributed by atoms with Crippen molar-refractivity contribution in [2.24, 2.45) is 0 Å². The summed E-state index contributed by atoms with van der Waals surface area (Å²) < 4.78 is 5.25. The van der Waals surface area contributed by atoms with Crippen LogP contribution in [0.15, 0.2) is 35.6 Å². The SMILES string of the molecule is CC(C)(C)OC(=O)N[C@H](CCCl)CC1=CCC=C([N+](=O)[O-])C=C1. The molecule has 0 aromatic rings. The average Bonchev–Trinajstić information content (AvgIpc) is 2.62. The molecule has 0 bridgehead atoms. The van der Waals surface area contributed by atoms with Crippen molar-refractivity contribution < 1.29 is 14.5 Å². The van der Waals surface area contributed by atoms with Crippen LogP contribution in [0.25, 0.3) is 0 Å². The van der Waals surface area contributed by atoms with Gasteiger partial charge in [-0.1, -0.05) is 12.2 Å². The summed E-state index contributed by atoms with van der Waals surface area (Å²) in [4.78, 5) is 22.3. The number of hydrogen-bond donors (Lipinski definition) is 1. The molecule has 1 amide bonds. The van der Waals surface area contributed by atoms with Crippen LogP contribution in [-0.4, -0.2) is 28.5 Å². The van der Waals surface area contributed by atoms with Crippen LogP contribution < -0.4 is 5.32 Å². The van der Waals surface area contributed by atoms with Crippen molar-refractivity contribution in [3.8, 4) is 0 Å². The number of alkyl carbamates (subject to hydrolysis) is 1. The monoisotopic (exact) mass is 342 g/mol. The number of ether oxygens (including phenoxy) is 1. The number of nitrogens with one attached hydrogen (secondary N) is 1. The number of halogens is 1.